The lowest BCUT2D eigenvalue weighted by Crippen LogP contribution is -2.49. The fraction of sp³-hybridized carbons (Fsp3) is 0.393. The van der Waals surface area contributed by atoms with E-state index in [-0.39, 0.29) is 23.9 Å². The average Bonchev–Trinajstić information content (AvgIpc) is 2.92. The number of benzene rings is 2. The van der Waals surface area contributed by atoms with Gasteiger partial charge in [-0.25, -0.2) is 0 Å². The minimum Gasteiger partial charge on any atom is -0.508 e. The first kappa shape index (κ1) is 28.8. The Morgan fingerprint density at radius 1 is 1.13 bits per heavy atom. The standard InChI is InChI=1S/C28H39N7O3/c29-24(19-20-9-11-22(36)12-10-20)27(38)34-25(8-3-13-33-28(30)31)26(37)23-7-2-1-5-21(23)6-4-16-35-17-14-32-15-18-35/h1-2,4-7,9-12,24-25,32,36H,3,8,13-19,29H2,(H,34,38)(H4,30,31,33)/b6-4+/t24?,25-/m1/s1. The molecular weight excluding hydrogens is 482 g/mol. The molecule has 1 heterocycles. The van der Waals surface area contributed by atoms with Crippen LogP contribution in [-0.4, -0.2) is 79.0 Å². The molecule has 0 bridgehead atoms. The summed E-state index contributed by atoms with van der Waals surface area (Å²) in [5.41, 5.74) is 13.7. The first-order valence-corrected chi connectivity index (χ1v) is 13.0. The van der Waals surface area contributed by atoms with Crippen LogP contribution in [-0.2, 0) is 11.2 Å². The maximum Gasteiger partial charge on any atom is 0.237 e. The Morgan fingerprint density at radius 3 is 2.55 bits per heavy atom. The van der Waals surface area contributed by atoms with Gasteiger partial charge in [-0.1, -0.05) is 48.6 Å². The third-order valence-electron chi connectivity index (χ3n) is 6.44. The van der Waals surface area contributed by atoms with E-state index >= 15 is 0 Å². The number of rotatable bonds is 13. The molecule has 10 nitrogen and oxygen atoms in total. The maximum absolute atomic E-state index is 13.7. The monoisotopic (exact) mass is 521 g/mol. The second-order valence-electron chi connectivity index (χ2n) is 9.43. The molecular formula is C28H39N7O3. The Bertz CT molecular complexity index is 1100. The first-order chi connectivity index (χ1) is 18.3. The van der Waals surface area contributed by atoms with Crippen molar-refractivity contribution in [3.63, 3.8) is 0 Å². The zero-order valence-electron chi connectivity index (χ0n) is 21.7. The molecule has 2 atom stereocenters. The van der Waals surface area contributed by atoms with Gasteiger partial charge in [0.05, 0.1) is 12.1 Å². The summed E-state index contributed by atoms with van der Waals surface area (Å²) in [7, 11) is 0. The van der Waals surface area contributed by atoms with Gasteiger partial charge in [-0.15, -0.1) is 0 Å². The number of Topliss-reactive ketones (excluding diaryl/α,β-unsaturated/α-hetero) is 1. The number of aromatic hydroxyl groups is 1. The SMILES string of the molecule is N=C(N)NCCC[C@@H](NC(=O)C(N)Cc1ccc(O)cc1)C(=O)c1ccccc1/C=C/CN1CCNCC1. The van der Waals surface area contributed by atoms with Crippen LogP contribution in [0.3, 0.4) is 0 Å². The molecule has 1 fully saturated rings. The van der Waals surface area contributed by atoms with Gasteiger partial charge in [-0.2, -0.15) is 0 Å². The predicted molar refractivity (Wildman–Crippen MR) is 150 cm³/mol. The number of hydrogen-bond donors (Lipinski definition) is 7. The summed E-state index contributed by atoms with van der Waals surface area (Å²) < 4.78 is 0. The number of nitrogens with zero attached hydrogens (tertiary/aromatic N) is 1. The Hall–Kier alpha value is -3.73. The van der Waals surface area contributed by atoms with E-state index in [1.165, 1.54) is 0 Å². The van der Waals surface area contributed by atoms with Gasteiger partial charge in [-0.3, -0.25) is 19.9 Å². The lowest BCUT2D eigenvalue weighted by atomic mass is 9.95. The van der Waals surface area contributed by atoms with Gasteiger partial charge in [0, 0.05) is 44.8 Å². The number of phenols is 1. The Labute approximate surface area is 224 Å². The molecule has 1 aliphatic rings. The Kier molecular flexibility index (Phi) is 11.3. The lowest BCUT2D eigenvalue weighted by molar-refractivity contribution is -0.122. The summed E-state index contributed by atoms with van der Waals surface area (Å²) in [6.45, 7) is 5.11. The lowest BCUT2D eigenvalue weighted by Gasteiger charge is -2.25. The van der Waals surface area contributed by atoms with Gasteiger partial charge < -0.3 is 32.5 Å². The third-order valence-corrected chi connectivity index (χ3v) is 6.44. The van der Waals surface area contributed by atoms with Gasteiger partial charge in [-0.05, 0) is 42.5 Å². The molecule has 0 aromatic heterocycles. The van der Waals surface area contributed by atoms with Gasteiger partial charge in [0.25, 0.3) is 0 Å². The highest BCUT2D eigenvalue weighted by atomic mass is 16.3. The number of ketones is 1. The fourth-order valence-electron chi connectivity index (χ4n) is 4.33. The van der Waals surface area contributed by atoms with Crippen LogP contribution >= 0.6 is 0 Å². The van der Waals surface area contributed by atoms with Crippen molar-refractivity contribution in [1.29, 1.82) is 5.41 Å². The quantitative estimate of drug-likeness (QED) is 0.0879. The molecule has 0 saturated carbocycles. The van der Waals surface area contributed by atoms with E-state index in [4.69, 9.17) is 16.9 Å². The average molecular weight is 522 g/mol. The number of piperazine rings is 1. The van der Waals surface area contributed by atoms with E-state index in [2.05, 4.69) is 26.9 Å². The number of nitrogens with one attached hydrogen (secondary N) is 4. The van der Waals surface area contributed by atoms with E-state index < -0.39 is 18.0 Å². The number of nitrogens with two attached hydrogens (primary N) is 2. The molecule has 38 heavy (non-hydrogen) atoms. The third kappa shape index (κ3) is 9.29. The first-order valence-electron chi connectivity index (χ1n) is 13.0. The van der Waals surface area contributed by atoms with E-state index in [1.54, 1.807) is 30.3 Å². The highest BCUT2D eigenvalue weighted by molar-refractivity contribution is 6.04. The highest BCUT2D eigenvalue weighted by Crippen LogP contribution is 2.16. The number of guanidine groups is 1. The normalized spacial score (nSPS) is 15.6. The second-order valence-corrected chi connectivity index (χ2v) is 9.43. The number of hydrogen-bond acceptors (Lipinski definition) is 7. The van der Waals surface area contributed by atoms with Crippen molar-refractivity contribution in [2.45, 2.75) is 31.3 Å². The predicted octanol–water partition coefficient (Wildman–Crippen LogP) is 0.811. The number of phenolic OH excluding ortho intramolecular Hbond substituents is 1. The van der Waals surface area contributed by atoms with E-state index in [0.29, 0.717) is 24.9 Å². The van der Waals surface area contributed by atoms with Gasteiger partial charge in [0.1, 0.15) is 5.75 Å². The molecule has 10 heteroatoms. The zero-order chi connectivity index (χ0) is 27.3. The van der Waals surface area contributed by atoms with Crippen molar-refractivity contribution >= 4 is 23.7 Å². The van der Waals surface area contributed by atoms with Crippen molar-refractivity contribution in [3.05, 3.63) is 71.3 Å². The smallest absolute Gasteiger partial charge is 0.237 e. The van der Waals surface area contributed by atoms with Crippen molar-refractivity contribution in [3.8, 4) is 5.75 Å². The molecule has 2 aromatic rings. The van der Waals surface area contributed by atoms with Crippen LogP contribution in [0.25, 0.3) is 6.08 Å². The summed E-state index contributed by atoms with van der Waals surface area (Å²) >= 11 is 0. The van der Waals surface area contributed by atoms with Gasteiger partial charge in [0.2, 0.25) is 5.91 Å². The zero-order valence-corrected chi connectivity index (χ0v) is 21.7. The highest BCUT2D eigenvalue weighted by Gasteiger charge is 2.26. The van der Waals surface area contributed by atoms with Crippen LogP contribution in [0.15, 0.2) is 54.6 Å². The number of carbonyl (C=O) groups excluding carboxylic acids is 2. The maximum atomic E-state index is 13.7. The van der Waals surface area contributed by atoms with Crippen LogP contribution in [0.5, 0.6) is 5.75 Å². The van der Waals surface area contributed by atoms with Crippen LogP contribution in [0.2, 0.25) is 0 Å². The van der Waals surface area contributed by atoms with E-state index in [0.717, 1.165) is 43.9 Å². The van der Waals surface area contributed by atoms with Gasteiger partial charge in [0.15, 0.2) is 11.7 Å². The molecule has 3 rings (SSSR count). The van der Waals surface area contributed by atoms with Crippen LogP contribution in [0, 0.1) is 5.41 Å². The summed E-state index contributed by atoms with van der Waals surface area (Å²) in [6, 6.07) is 12.2. The summed E-state index contributed by atoms with van der Waals surface area (Å²) in [4.78, 5) is 29.0. The van der Waals surface area contributed by atoms with Crippen LogP contribution in [0.4, 0.5) is 0 Å². The molecule has 1 aliphatic heterocycles. The molecule has 0 radical (unpaired) electrons. The van der Waals surface area contributed by atoms with Gasteiger partial charge >= 0.3 is 0 Å². The largest absolute Gasteiger partial charge is 0.508 e. The van der Waals surface area contributed by atoms with Crippen molar-refractivity contribution < 1.29 is 14.7 Å². The fourth-order valence-corrected chi connectivity index (χ4v) is 4.33. The molecule has 2 aromatic carbocycles. The summed E-state index contributed by atoms with van der Waals surface area (Å²) in [5, 5.41) is 25.8. The Morgan fingerprint density at radius 2 is 1.84 bits per heavy atom. The molecule has 9 N–H and O–H groups in total. The molecule has 204 valence electrons. The minimum atomic E-state index is -0.862. The van der Waals surface area contributed by atoms with E-state index in [1.807, 2.05) is 24.3 Å². The Balaban J connectivity index is 1.70. The summed E-state index contributed by atoms with van der Waals surface area (Å²) in [5.74, 6) is -0.631. The minimum absolute atomic E-state index is 0.136. The molecule has 1 amide bonds. The number of carbonyl (C=O) groups is 2. The van der Waals surface area contributed by atoms with Crippen molar-refractivity contribution in [2.24, 2.45) is 11.5 Å². The van der Waals surface area contributed by atoms with Crippen molar-refractivity contribution in [2.75, 3.05) is 39.3 Å². The second kappa shape index (κ2) is 14.9. The molecule has 1 saturated heterocycles. The molecule has 0 spiro atoms. The van der Waals surface area contributed by atoms with Crippen LogP contribution < -0.4 is 27.4 Å². The number of amides is 1. The van der Waals surface area contributed by atoms with Crippen LogP contribution in [0.1, 0.15) is 34.3 Å². The molecule has 0 aliphatic carbocycles. The summed E-state index contributed by atoms with van der Waals surface area (Å²) in [6.07, 6.45) is 5.17. The topological polar surface area (TPSA) is 170 Å². The van der Waals surface area contributed by atoms with E-state index in [9.17, 15) is 14.7 Å². The molecule has 1 unspecified atom stereocenters. The van der Waals surface area contributed by atoms with Crippen molar-refractivity contribution in [1.82, 2.24) is 20.9 Å².